The smallest absolute Gasteiger partial charge is 0.148 e. The van der Waals surface area contributed by atoms with Gasteiger partial charge in [-0.15, -0.1) is 5.10 Å². The molecule has 16 heavy (non-hydrogen) atoms. The zero-order valence-electron chi connectivity index (χ0n) is 9.65. The Morgan fingerprint density at radius 1 is 1.50 bits per heavy atom. The van der Waals surface area contributed by atoms with Gasteiger partial charge in [0.05, 0.1) is 0 Å². The van der Waals surface area contributed by atoms with Crippen molar-refractivity contribution in [2.24, 2.45) is 11.8 Å². The molecule has 1 heterocycles. The van der Waals surface area contributed by atoms with Crippen molar-refractivity contribution in [1.82, 2.24) is 14.5 Å². The zero-order valence-corrected chi connectivity index (χ0v) is 10.5. The molecule has 0 bridgehead atoms. The van der Waals surface area contributed by atoms with Crippen LogP contribution in [0.1, 0.15) is 31.4 Å². The molecule has 0 aromatic carbocycles. The molecule has 0 spiro atoms. The van der Waals surface area contributed by atoms with Crippen molar-refractivity contribution >= 4 is 16.5 Å². The summed E-state index contributed by atoms with van der Waals surface area (Å²) in [4.78, 5) is 2.31. The number of nitrogens with zero attached hydrogens (tertiary/aromatic N) is 3. The summed E-state index contributed by atoms with van der Waals surface area (Å²) < 4.78 is 3.90. The summed E-state index contributed by atoms with van der Waals surface area (Å²) in [6.45, 7) is 1.98. The number of aromatic nitrogens is 2. The second kappa shape index (κ2) is 5.56. The highest BCUT2D eigenvalue weighted by Crippen LogP contribution is 2.26. The quantitative estimate of drug-likeness (QED) is 0.603. The van der Waals surface area contributed by atoms with E-state index in [0.29, 0.717) is 0 Å². The van der Waals surface area contributed by atoms with E-state index in [4.69, 9.17) is 5.84 Å². The molecule has 2 rings (SSSR count). The average molecular weight is 241 g/mol. The van der Waals surface area contributed by atoms with Crippen LogP contribution in [0.5, 0.6) is 0 Å². The fourth-order valence-corrected chi connectivity index (χ4v) is 2.86. The average Bonchev–Trinajstić information content (AvgIpc) is 2.88. The normalized spacial score (nSPS) is 17.2. The van der Waals surface area contributed by atoms with Crippen LogP contribution < -0.4 is 11.3 Å². The molecule has 1 aromatic heterocycles. The van der Waals surface area contributed by atoms with E-state index in [0.717, 1.165) is 29.7 Å². The summed E-state index contributed by atoms with van der Waals surface area (Å²) >= 11 is 1.31. The fourth-order valence-electron chi connectivity index (χ4n) is 2.38. The molecular weight excluding hydrogens is 222 g/mol. The molecule has 3 N–H and O–H groups in total. The minimum absolute atomic E-state index is 0.826. The Kier molecular flexibility index (Phi) is 4.09. The van der Waals surface area contributed by atoms with Crippen LogP contribution in [-0.2, 0) is 6.54 Å². The van der Waals surface area contributed by atoms with Crippen LogP contribution in [0.15, 0.2) is 0 Å². The Balaban J connectivity index is 1.84. The summed E-state index contributed by atoms with van der Waals surface area (Å²) in [7, 11) is 2.14. The van der Waals surface area contributed by atoms with Crippen LogP contribution in [0.3, 0.4) is 0 Å². The number of nitrogens with two attached hydrogens (primary N) is 1. The number of hydrogen-bond donors (Lipinski definition) is 2. The predicted molar refractivity (Wildman–Crippen MR) is 66.0 cm³/mol. The van der Waals surface area contributed by atoms with Gasteiger partial charge in [-0.25, -0.2) is 5.84 Å². The Morgan fingerprint density at radius 3 is 2.94 bits per heavy atom. The first-order chi connectivity index (χ1) is 7.79. The summed E-state index contributed by atoms with van der Waals surface area (Å²) in [6, 6.07) is 0. The van der Waals surface area contributed by atoms with E-state index < -0.39 is 0 Å². The first-order valence-electron chi connectivity index (χ1n) is 5.76. The Morgan fingerprint density at radius 2 is 2.25 bits per heavy atom. The van der Waals surface area contributed by atoms with E-state index in [2.05, 4.69) is 27.0 Å². The van der Waals surface area contributed by atoms with Crippen molar-refractivity contribution in [3.63, 3.8) is 0 Å². The van der Waals surface area contributed by atoms with Crippen molar-refractivity contribution in [2.45, 2.75) is 32.2 Å². The van der Waals surface area contributed by atoms with Gasteiger partial charge in [0.15, 0.2) is 0 Å². The van der Waals surface area contributed by atoms with E-state index in [-0.39, 0.29) is 0 Å². The molecule has 0 saturated heterocycles. The number of anilines is 1. The number of hydrazine groups is 1. The standard InChI is InChI=1S/C10H19N5S/c1-15(6-8-4-2-3-5-8)7-9-10(12-11)16-14-13-9/h8,12H,2-7,11H2,1H3. The van der Waals surface area contributed by atoms with Gasteiger partial charge in [-0.1, -0.05) is 17.3 Å². The van der Waals surface area contributed by atoms with Gasteiger partial charge >= 0.3 is 0 Å². The molecular formula is C10H19N5S. The number of hydrogen-bond acceptors (Lipinski definition) is 6. The third kappa shape index (κ3) is 2.90. The lowest BCUT2D eigenvalue weighted by Gasteiger charge is -2.19. The maximum Gasteiger partial charge on any atom is 0.148 e. The molecule has 0 aliphatic heterocycles. The third-order valence-corrected chi connectivity index (χ3v) is 3.85. The minimum atomic E-state index is 0.826. The van der Waals surface area contributed by atoms with Crippen molar-refractivity contribution in [2.75, 3.05) is 19.0 Å². The lowest BCUT2D eigenvalue weighted by molar-refractivity contribution is 0.269. The Bertz CT molecular complexity index is 321. The van der Waals surface area contributed by atoms with Gasteiger partial charge in [-0.2, -0.15) is 0 Å². The molecule has 1 fully saturated rings. The van der Waals surface area contributed by atoms with Crippen LogP contribution >= 0.6 is 11.5 Å². The largest absolute Gasteiger partial charge is 0.313 e. The SMILES string of the molecule is CN(Cc1nnsc1NN)CC1CCCC1. The first kappa shape index (κ1) is 11.8. The maximum absolute atomic E-state index is 5.40. The first-order valence-corrected chi connectivity index (χ1v) is 6.53. The van der Waals surface area contributed by atoms with Gasteiger partial charge in [0.1, 0.15) is 10.7 Å². The molecule has 90 valence electrons. The van der Waals surface area contributed by atoms with Crippen LogP contribution in [0, 0.1) is 5.92 Å². The molecule has 1 saturated carbocycles. The molecule has 0 unspecified atom stereocenters. The van der Waals surface area contributed by atoms with Gasteiger partial charge in [-0.3, -0.25) is 0 Å². The van der Waals surface area contributed by atoms with Gasteiger partial charge < -0.3 is 10.3 Å². The highest BCUT2D eigenvalue weighted by Gasteiger charge is 2.18. The van der Waals surface area contributed by atoms with Crippen molar-refractivity contribution in [3.8, 4) is 0 Å². The van der Waals surface area contributed by atoms with Gasteiger partial charge in [-0.05, 0) is 25.8 Å². The Labute approximate surface area is 100 Å². The Hall–Kier alpha value is -0.720. The van der Waals surface area contributed by atoms with Crippen LogP contribution in [0.4, 0.5) is 5.00 Å². The van der Waals surface area contributed by atoms with Crippen LogP contribution in [0.25, 0.3) is 0 Å². The third-order valence-electron chi connectivity index (χ3n) is 3.15. The number of nitrogen functional groups attached to an aromatic ring is 1. The van der Waals surface area contributed by atoms with Crippen molar-refractivity contribution < 1.29 is 0 Å². The lowest BCUT2D eigenvalue weighted by atomic mass is 10.1. The van der Waals surface area contributed by atoms with E-state index in [1.807, 2.05) is 0 Å². The van der Waals surface area contributed by atoms with Crippen LogP contribution in [-0.4, -0.2) is 28.1 Å². The molecule has 1 aromatic rings. The summed E-state index contributed by atoms with van der Waals surface area (Å²) in [5.74, 6) is 6.26. The minimum Gasteiger partial charge on any atom is -0.313 e. The molecule has 1 aliphatic rings. The van der Waals surface area contributed by atoms with Crippen molar-refractivity contribution in [1.29, 1.82) is 0 Å². The summed E-state index contributed by atoms with van der Waals surface area (Å²) in [6.07, 6.45) is 5.54. The molecule has 6 heteroatoms. The summed E-state index contributed by atoms with van der Waals surface area (Å²) in [5.41, 5.74) is 3.59. The monoisotopic (exact) mass is 241 g/mol. The second-order valence-corrected chi connectivity index (χ2v) is 5.29. The predicted octanol–water partition coefficient (Wildman–Crippen LogP) is 1.45. The van der Waals surface area contributed by atoms with Crippen LogP contribution in [0.2, 0.25) is 0 Å². The fraction of sp³-hybridized carbons (Fsp3) is 0.800. The highest BCUT2D eigenvalue weighted by atomic mass is 32.1. The molecule has 0 amide bonds. The summed E-state index contributed by atoms with van der Waals surface area (Å²) in [5, 5.41) is 4.96. The maximum atomic E-state index is 5.40. The van der Waals surface area contributed by atoms with Gasteiger partial charge in [0.25, 0.3) is 0 Å². The molecule has 0 radical (unpaired) electrons. The van der Waals surface area contributed by atoms with Crippen molar-refractivity contribution in [3.05, 3.63) is 5.69 Å². The molecule has 0 atom stereocenters. The van der Waals surface area contributed by atoms with E-state index >= 15 is 0 Å². The second-order valence-electron chi connectivity index (χ2n) is 4.54. The van der Waals surface area contributed by atoms with E-state index in [9.17, 15) is 0 Å². The van der Waals surface area contributed by atoms with Gasteiger partial charge in [0.2, 0.25) is 0 Å². The zero-order chi connectivity index (χ0) is 11.4. The number of rotatable bonds is 5. The highest BCUT2D eigenvalue weighted by molar-refractivity contribution is 7.10. The van der Waals surface area contributed by atoms with Gasteiger partial charge in [0, 0.05) is 24.6 Å². The lowest BCUT2D eigenvalue weighted by Crippen LogP contribution is -2.25. The number of nitrogens with one attached hydrogen (secondary N) is 1. The molecule has 5 nitrogen and oxygen atoms in total. The topological polar surface area (TPSA) is 67.1 Å². The van der Waals surface area contributed by atoms with E-state index in [1.54, 1.807) is 0 Å². The van der Waals surface area contributed by atoms with E-state index in [1.165, 1.54) is 37.2 Å². The molecule has 1 aliphatic carbocycles.